The summed E-state index contributed by atoms with van der Waals surface area (Å²) >= 11 is 17.5. The third kappa shape index (κ3) is 3.71. The van der Waals surface area contributed by atoms with Crippen LogP contribution in [-0.4, -0.2) is 51.6 Å². The maximum Gasteiger partial charge on any atom is 0.141 e. The van der Waals surface area contributed by atoms with Crippen molar-refractivity contribution in [3.63, 3.8) is 0 Å². The van der Waals surface area contributed by atoms with Gasteiger partial charge in [0, 0.05) is 50.5 Å². The zero-order valence-corrected chi connectivity index (χ0v) is 18.4. The zero-order valence-electron chi connectivity index (χ0n) is 13.5. The maximum absolute atomic E-state index is 5.41. The van der Waals surface area contributed by atoms with E-state index in [0.29, 0.717) is 0 Å². The van der Waals surface area contributed by atoms with Crippen molar-refractivity contribution in [3.8, 4) is 0 Å². The number of thioether (sulfide) groups is 2. The Morgan fingerprint density at radius 2 is 1.71 bits per heavy atom. The van der Waals surface area contributed by atoms with Gasteiger partial charge in [0.05, 0.1) is 18.6 Å². The minimum absolute atomic E-state index is 0.846. The molecule has 0 atom stereocenters. The number of hydrogen-bond donors (Lipinski definition) is 0. The van der Waals surface area contributed by atoms with Crippen LogP contribution in [0.2, 0.25) is 0 Å². The van der Waals surface area contributed by atoms with Gasteiger partial charge in [0.15, 0.2) is 0 Å². The second-order valence-corrected chi connectivity index (χ2v) is 11.2. The Kier molecular flexibility index (Phi) is 5.68. The highest BCUT2D eigenvalue weighted by Crippen LogP contribution is 2.41. The lowest BCUT2D eigenvalue weighted by atomic mass is 10.2. The fourth-order valence-electron chi connectivity index (χ4n) is 1.93. The van der Waals surface area contributed by atoms with Crippen LogP contribution in [-0.2, 0) is 0 Å². The molecule has 0 fully saturated rings. The van der Waals surface area contributed by atoms with Gasteiger partial charge < -0.3 is 9.80 Å². The molecular formula is C15H15N3S6. The van der Waals surface area contributed by atoms with E-state index in [1.165, 1.54) is 19.7 Å². The highest BCUT2D eigenvalue weighted by molar-refractivity contribution is 8.24. The van der Waals surface area contributed by atoms with Crippen molar-refractivity contribution >= 4 is 100 Å². The molecule has 3 aromatic rings. The molecule has 0 radical (unpaired) electrons. The second kappa shape index (κ2) is 7.43. The number of hydrogen-bond acceptors (Lipinski definition) is 7. The summed E-state index contributed by atoms with van der Waals surface area (Å²) in [5, 5.41) is 4.62. The molecule has 0 aliphatic carbocycles. The molecular weight excluding hydrogens is 415 g/mol. The summed E-state index contributed by atoms with van der Waals surface area (Å²) in [7, 11) is 7.87. The highest BCUT2D eigenvalue weighted by Gasteiger charge is 2.15. The molecule has 9 heteroatoms. The lowest BCUT2D eigenvalue weighted by molar-refractivity contribution is 0.648. The van der Waals surface area contributed by atoms with Gasteiger partial charge in [0.2, 0.25) is 0 Å². The van der Waals surface area contributed by atoms with Crippen molar-refractivity contribution in [2.24, 2.45) is 0 Å². The summed E-state index contributed by atoms with van der Waals surface area (Å²) in [5.41, 5.74) is 1.03. The zero-order chi connectivity index (χ0) is 17.4. The first-order chi connectivity index (χ1) is 11.4. The summed E-state index contributed by atoms with van der Waals surface area (Å²) in [6.45, 7) is 0. The van der Waals surface area contributed by atoms with Crippen molar-refractivity contribution in [3.05, 3.63) is 17.6 Å². The Labute approximate surface area is 168 Å². The molecule has 0 amide bonds. The normalized spacial score (nSPS) is 11.2. The van der Waals surface area contributed by atoms with Crippen molar-refractivity contribution < 1.29 is 0 Å². The predicted octanol–water partition coefficient (Wildman–Crippen LogP) is 5.39. The quantitative estimate of drug-likeness (QED) is 0.397. The number of thiocarbonyl (C=S) groups is 2. The van der Waals surface area contributed by atoms with E-state index in [9.17, 15) is 0 Å². The van der Waals surface area contributed by atoms with E-state index in [0.717, 1.165) is 18.4 Å². The van der Waals surface area contributed by atoms with Crippen LogP contribution >= 0.6 is 70.6 Å². The van der Waals surface area contributed by atoms with Crippen LogP contribution in [0.1, 0.15) is 0 Å². The van der Waals surface area contributed by atoms with E-state index in [1.54, 1.807) is 46.2 Å². The molecule has 0 bridgehead atoms. The van der Waals surface area contributed by atoms with Gasteiger partial charge in [-0.25, -0.2) is 0 Å². The van der Waals surface area contributed by atoms with Gasteiger partial charge >= 0.3 is 0 Å². The summed E-state index contributed by atoms with van der Waals surface area (Å²) < 4.78 is 5.25. The van der Waals surface area contributed by atoms with Gasteiger partial charge in [-0.1, -0.05) is 24.4 Å². The fourth-order valence-corrected chi connectivity index (χ4v) is 6.66. The van der Waals surface area contributed by atoms with Crippen LogP contribution in [0.5, 0.6) is 0 Å². The predicted molar refractivity (Wildman–Crippen MR) is 119 cm³/mol. The molecule has 3 nitrogen and oxygen atoms in total. The number of pyridine rings is 1. The molecule has 0 unspecified atom stereocenters. The van der Waals surface area contributed by atoms with Gasteiger partial charge in [-0.05, 0) is 29.6 Å². The molecule has 0 spiro atoms. The second-order valence-electron chi connectivity index (χ2n) is 5.41. The third-order valence-electron chi connectivity index (χ3n) is 3.17. The Balaban J connectivity index is 1.99. The van der Waals surface area contributed by atoms with E-state index in [1.807, 2.05) is 44.2 Å². The van der Waals surface area contributed by atoms with Gasteiger partial charge in [0.1, 0.15) is 8.64 Å². The van der Waals surface area contributed by atoms with E-state index in [2.05, 4.69) is 16.4 Å². The number of aromatic nitrogens is 1. The molecule has 126 valence electrons. The standard InChI is InChI=1S/C15H15N3S6/c1-17(2)14(19)23-11-5-8-9-7-21-13(24-15(20)18(3)4)12(9)16-6-10(8)22-11/h5-7H,1-4H3. The minimum atomic E-state index is 0.846. The summed E-state index contributed by atoms with van der Waals surface area (Å²) in [6.07, 6.45) is 1.96. The molecule has 3 rings (SSSR count). The molecule has 0 N–H and O–H groups in total. The van der Waals surface area contributed by atoms with Crippen molar-refractivity contribution in [2.45, 2.75) is 8.42 Å². The van der Waals surface area contributed by atoms with Crippen LogP contribution in [0.25, 0.3) is 21.0 Å². The Morgan fingerprint density at radius 3 is 2.38 bits per heavy atom. The lowest BCUT2D eigenvalue weighted by Gasteiger charge is -2.11. The van der Waals surface area contributed by atoms with Gasteiger partial charge in [-0.15, -0.1) is 22.7 Å². The SMILES string of the molecule is CN(C)C(=S)Sc1cc2c(cnc3c(SC(=S)N(C)C)scc32)s1. The smallest absolute Gasteiger partial charge is 0.141 e. The van der Waals surface area contributed by atoms with Crippen molar-refractivity contribution in [2.75, 3.05) is 28.2 Å². The van der Waals surface area contributed by atoms with E-state index >= 15 is 0 Å². The van der Waals surface area contributed by atoms with Crippen molar-refractivity contribution in [1.29, 1.82) is 0 Å². The van der Waals surface area contributed by atoms with Gasteiger partial charge in [0.25, 0.3) is 0 Å². The first-order valence-corrected chi connectivity index (χ1v) is 11.1. The lowest BCUT2D eigenvalue weighted by Crippen LogP contribution is -2.15. The summed E-state index contributed by atoms with van der Waals surface area (Å²) in [6, 6.07) is 2.22. The van der Waals surface area contributed by atoms with Crippen LogP contribution in [0, 0.1) is 0 Å². The Hall–Kier alpha value is -0.450. The largest absolute Gasteiger partial charge is 0.363 e. The molecule has 3 aromatic heterocycles. The number of nitrogens with zero attached hydrogens (tertiary/aromatic N) is 3. The molecule has 0 aliphatic rings. The number of thiophene rings is 2. The first-order valence-electron chi connectivity index (χ1n) is 6.95. The Morgan fingerprint density at radius 1 is 1.04 bits per heavy atom. The maximum atomic E-state index is 5.41. The summed E-state index contributed by atoms with van der Waals surface area (Å²) in [5.74, 6) is 0. The Bertz CT molecular complexity index is 924. The van der Waals surface area contributed by atoms with E-state index in [4.69, 9.17) is 24.4 Å². The van der Waals surface area contributed by atoms with Crippen LogP contribution < -0.4 is 0 Å². The van der Waals surface area contributed by atoms with E-state index in [-0.39, 0.29) is 0 Å². The third-order valence-corrected chi connectivity index (χ3v) is 8.84. The molecule has 0 saturated heterocycles. The van der Waals surface area contributed by atoms with Gasteiger partial charge in [-0.3, -0.25) is 4.98 Å². The molecule has 0 saturated carbocycles. The average Bonchev–Trinajstić information content (AvgIpc) is 3.10. The molecule has 3 heterocycles. The van der Waals surface area contributed by atoms with Gasteiger partial charge in [-0.2, -0.15) is 0 Å². The van der Waals surface area contributed by atoms with Crippen LogP contribution in [0.15, 0.2) is 26.1 Å². The number of rotatable bonds is 2. The monoisotopic (exact) mass is 429 g/mol. The van der Waals surface area contributed by atoms with Crippen LogP contribution in [0.3, 0.4) is 0 Å². The molecule has 0 aromatic carbocycles. The first kappa shape index (κ1) is 18.3. The van der Waals surface area contributed by atoms with Crippen LogP contribution in [0.4, 0.5) is 0 Å². The topological polar surface area (TPSA) is 19.4 Å². The fraction of sp³-hybridized carbons (Fsp3) is 0.267. The van der Waals surface area contributed by atoms with Crippen molar-refractivity contribution in [1.82, 2.24) is 14.8 Å². The van der Waals surface area contributed by atoms with E-state index < -0.39 is 0 Å². The molecule has 24 heavy (non-hydrogen) atoms. The minimum Gasteiger partial charge on any atom is -0.363 e. The average molecular weight is 430 g/mol. The summed E-state index contributed by atoms with van der Waals surface area (Å²) in [4.78, 5) is 8.59. The number of fused-ring (bicyclic) bond motifs is 3. The molecule has 0 aliphatic heterocycles. The highest BCUT2D eigenvalue weighted by atomic mass is 32.2.